The Kier molecular flexibility index (Phi) is 5.16. The molecule has 0 saturated heterocycles. The molecule has 0 saturated carbocycles. The minimum atomic E-state index is -0.270. The molecule has 4 rings (SSSR count). The van der Waals surface area contributed by atoms with Crippen molar-refractivity contribution in [2.75, 3.05) is 12.4 Å². The Bertz CT molecular complexity index is 1150. The summed E-state index contributed by atoms with van der Waals surface area (Å²) in [6.45, 7) is 2.45. The van der Waals surface area contributed by atoms with Crippen LogP contribution in [0.4, 0.5) is 10.5 Å². The zero-order chi connectivity index (χ0) is 20.2. The van der Waals surface area contributed by atoms with Crippen molar-refractivity contribution in [3.05, 3.63) is 84.2 Å². The molecule has 146 valence electrons. The number of aromatic nitrogens is 2. The number of fused-ring (bicyclic) bond motifs is 1. The number of imidazole rings is 1. The second-order valence-electron chi connectivity index (χ2n) is 6.75. The van der Waals surface area contributed by atoms with E-state index in [0.717, 1.165) is 33.8 Å². The third-order valence-electron chi connectivity index (χ3n) is 4.74. The highest BCUT2D eigenvalue weighted by Gasteiger charge is 2.12. The highest BCUT2D eigenvalue weighted by Crippen LogP contribution is 2.28. The van der Waals surface area contributed by atoms with E-state index in [4.69, 9.17) is 9.72 Å². The van der Waals surface area contributed by atoms with Crippen molar-refractivity contribution in [3.63, 3.8) is 0 Å². The maximum atomic E-state index is 12.4. The molecule has 0 bridgehead atoms. The maximum Gasteiger partial charge on any atom is 0.319 e. The first-order valence-electron chi connectivity index (χ1n) is 9.35. The molecule has 0 unspecified atom stereocenters. The summed E-state index contributed by atoms with van der Waals surface area (Å²) in [5, 5.41) is 5.82. The van der Waals surface area contributed by atoms with Crippen molar-refractivity contribution in [3.8, 4) is 17.0 Å². The summed E-state index contributed by atoms with van der Waals surface area (Å²) >= 11 is 0. The third kappa shape index (κ3) is 4.06. The van der Waals surface area contributed by atoms with E-state index < -0.39 is 0 Å². The van der Waals surface area contributed by atoms with Crippen LogP contribution in [-0.4, -0.2) is 22.5 Å². The summed E-state index contributed by atoms with van der Waals surface area (Å²) in [5.74, 6) is 0.787. The number of methoxy groups -OCH3 is 1. The first-order chi connectivity index (χ1) is 14.1. The molecule has 2 aromatic heterocycles. The molecule has 2 heterocycles. The zero-order valence-electron chi connectivity index (χ0n) is 16.3. The lowest BCUT2D eigenvalue weighted by molar-refractivity contribution is 0.252. The van der Waals surface area contributed by atoms with Gasteiger partial charge in [0.2, 0.25) is 0 Å². The fourth-order valence-corrected chi connectivity index (χ4v) is 3.19. The number of carbonyl (C=O) groups is 1. The molecule has 29 heavy (non-hydrogen) atoms. The van der Waals surface area contributed by atoms with Crippen molar-refractivity contribution >= 4 is 17.4 Å². The number of hydrogen-bond acceptors (Lipinski definition) is 3. The Labute approximate surface area is 169 Å². The van der Waals surface area contributed by atoms with E-state index in [0.29, 0.717) is 12.2 Å². The lowest BCUT2D eigenvalue weighted by Gasteiger charge is -2.11. The van der Waals surface area contributed by atoms with Crippen LogP contribution in [0.25, 0.3) is 16.9 Å². The SMILES string of the molecule is COc1ccc(CNC(=O)Nc2ccccc2-c2cn3cccc(C)c3n2)cc1. The van der Waals surface area contributed by atoms with Crippen molar-refractivity contribution in [1.82, 2.24) is 14.7 Å². The second kappa shape index (κ2) is 8.06. The van der Waals surface area contributed by atoms with E-state index in [2.05, 4.69) is 10.6 Å². The number of aryl methyl sites for hydroxylation is 1. The largest absolute Gasteiger partial charge is 0.497 e. The van der Waals surface area contributed by atoms with E-state index in [1.165, 1.54) is 0 Å². The maximum absolute atomic E-state index is 12.4. The van der Waals surface area contributed by atoms with Gasteiger partial charge in [-0.1, -0.05) is 36.4 Å². The number of urea groups is 1. The molecule has 0 aliphatic rings. The molecule has 0 atom stereocenters. The van der Waals surface area contributed by atoms with Crippen LogP contribution in [0, 0.1) is 6.92 Å². The van der Waals surface area contributed by atoms with E-state index in [1.54, 1.807) is 7.11 Å². The highest BCUT2D eigenvalue weighted by atomic mass is 16.5. The summed E-state index contributed by atoms with van der Waals surface area (Å²) in [5.41, 5.74) is 5.38. The Morgan fingerprint density at radius 2 is 1.86 bits per heavy atom. The lowest BCUT2D eigenvalue weighted by Crippen LogP contribution is -2.28. The van der Waals surface area contributed by atoms with Gasteiger partial charge in [-0.25, -0.2) is 9.78 Å². The van der Waals surface area contributed by atoms with Gasteiger partial charge in [0.25, 0.3) is 0 Å². The summed E-state index contributed by atoms with van der Waals surface area (Å²) in [6.07, 6.45) is 3.94. The summed E-state index contributed by atoms with van der Waals surface area (Å²) in [4.78, 5) is 17.2. The average Bonchev–Trinajstić information content (AvgIpc) is 3.18. The van der Waals surface area contributed by atoms with Crippen molar-refractivity contribution < 1.29 is 9.53 Å². The van der Waals surface area contributed by atoms with Gasteiger partial charge in [0.15, 0.2) is 0 Å². The Hall–Kier alpha value is -3.80. The first kappa shape index (κ1) is 18.6. The van der Waals surface area contributed by atoms with Crippen molar-refractivity contribution in [2.45, 2.75) is 13.5 Å². The molecule has 2 amide bonds. The first-order valence-corrected chi connectivity index (χ1v) is 9.35. The monoisotopic (exact) mass is 386 g/mol. The molecule has 0 aliphatic heterocycles. The van der Waals surface area contributed by atoms with Crippen LogP contribution in [0.5, 0.6) is 5.75 Å². The Morgan fingerprint density at radius 1 is 1.07 bits per heavy atom. The van der Waals surface area contributed by atoms with E-state index in [-0.39, 0.29) is 6.03 Å². The predicted octanol–water partition coefficient (Wildman–Crippen LogP) is 4.64. The number of rotatable bonds is 5. The number of para-hydroxylation sites is 1. The number of nitrogens with one attached hydrogen (secondary N) is 2. The normalized spacial score (nSPS) is 10.7. The summed E-state index contributed by atoms with van der Waals surface area (Å²) in [6, 6.07) is 19.0. The summed E-state index contributed by atoms with van der Waals surface area (Å²) < 4.78 is 7.14. The molecule has 6 nitrogen and oxygen atoms in total. The number of carbonyl (C=O) groups excluding carboxylic acids is 1. The van der Waals surface area contributed by atoms with Gasteiger partial charge in [-0.05, 0) is 42.3 Å². The molecule has 2 N–H and O–H groups in total. The smallest absolute Gasteiger partial charge is 0.319 e. The molecule has 0 spiro atoms. The van der Waals surface area contributed by atoms with Gasteiger partial charge in [0.1, 0.15) is 11.4 Å². The highest BCUT2D eigenvalue weighted by molar-refractivity contribution is 5.94. The van der Waals surface area contributed by atoms with Crippen LogP contribution in [0.1, 0.15) is 11.1 Å². The van der Waals surface area contributed by atoms with Crippen LogP contribution < -0.4 is 15.4 Å². The van der Waals surface area contributed by atoms with Gasteiger partial charge >= 0.3 is 6.03 Å². The van der Waals surface area contributed by atoms with Crippen LogP contribution >= 0.6 is 0 Å². The van der Waals surface area contributed by atoms with Gasteiger partial charge < -0.3 is 19.8 Å². The number of anilines is 1. The van der Waals surface area contributed by atoms with Crippen LogP contribution in [0.15, 0.2) is 73.1 Å². The van der Waals surface area contributed by atoms with Crippen molar-refractivity contribution in [1.29, 1.82) is 0 Å². The number of amides is 2. The molecule has 0 aliphatic carbocycles. The van der Waals surface area contributed by atoms with Crippen molar-refractivity contribution in [2.24, 2.45) is 0 Å². The Balaban J connectivity index is 1.50. The van der Waals surface area contributed by atoms with Gasteiger partial charge in [0.05, 0.1) is 18.5 Å². The molecule has 0 radical (unpaired) electrons. The third-order valence-corrected chi connectivity index (χ3v) is 4.74. The average molecular weight is 386 g/mol. The molecule has 4 aromatic rings. The lowest BCUT2D eigenvalue weighted by atomic mass is 10.1. The number of benzene rings is 2. The molecular weight excluding hydrogens is 364 g/mol. The van der Waals surface area contributed by atoms with Crippen LogP contribution in [0.2, 0.25) is 0 Å². The number of hydrogen-bond donors (Lipinski definition) is 2. The number of pyridine rings is 1. The minimum Gasteiger partial charge on any atom is -0.497 e. The predicted molar refractivity (Wildman–Crippen MR) is 114 cm³/mol. The molecular formula is C23H22N4O2. The minimum absolute atomic E-state index is 0.270. The van der Waals surface area contributed by atoms with E-state index in [1.807, 2.05) is 84.4 Å². The fraction of sp³-hybridized carbons (Fsp3) is 0.130. The number of nitrogens with zero attached hydrogens (tertiary/aromatic N) is 2. The molecule has 2 aromatic carbocycles. The van der Waals surface area contributed by atoms with Crippen LogP contribution in [-0.2, 0) is 6.54 Å². The molecule has 0 fully saturated rings. The van der Waals surface area contributed by atoms with Gasteiger partial charge in [-0.2, -0.15) is 0 Å². The standard InChI is InChI=1S/C23H22N4O2/c1-16-6-5-13-27-15-21(25-22(16)27)19-7-3-4-8-20(19)26-23(28)24-14-17-9-11-18(29-2)12-10-17/h3-13,15H,14H2,1-2H3,(H2,24,26,28). The van der Waals surface area contributed by atoms with Gasteiger partial charge in [-0.15, -0.1) is 0 Å². The Morgan fingerprint density at radius 3 is 2.62 bits per heavy atom. The second-order valence-corrected chi connectivity index (χ2v) is 6.75. The quantitative estimate of drug-likeness (QED) is 0.525. The number of ether oxygens (including phenoxy) is 1. The van der Waals surface area contributed by atoms with Crippen LogP contribution in [0.3, 0.4) is 0 Å². The summed E-state index contributed by atoms with van der Waals surface area (Å²) in [7, 11) is 1.63. The zero-order valence-corrected chi connectivity index (χ0v) is 16.3. The topological polar surface area (TPSA) is 67.7 Å². The molecule has 6 heteroatoms. The van der Waals surface area contributed by atoms with E-state index >= 15 is 0 Å². The van der Waals surface area contributed by atoms with Gasteiger partial charge in [0, 0.05) is 24.5 Å². The van der Waals surface area contributed by atoms with Gasteiger partial charge in [-0.3, -0.25) is 0 Å². The fourth-order valence-electron chi connectivity index (χ4n) is 3.19. The van der Waals surface area contributed by atoms with E-state index in [9.17, 15) is 4.79 Å².